The first kappa shape index (κ1) is 10.2. The van der Waals surface area contributed by atoms with Crippen LogP contribution in [0.25, 0.3) is 0 Å². The van der Waals surface area contributed by atoms with Crippen LogP contribution in [0.15, 0.2) is 30.3 Å². The minimum Gasteiger partial charge on any atom is -0.358 e. The minimum atomic E-state index is -2.16. The molecule has 0 amide bonds. The first-order valence-corrected chi connectivity index (χ1v) is 4.63. The van der Waals surface area contributed by atoms with Gasteiger partial charge in [0, 0.05) is 12.0 Å². The van der Waals surface area contributed by atoms with E-state index in [0.717, 1.165) is 6.42 Å². The highest BCUT2D eigenvalue weighted by molar-refractivity contribution is 5.19. The lowest BCUT2D eigenvalue weighted by Crippen LogP contribution is -2.18. The van der Waals surface area contributed by atoms with Gasteiger partial charge in [0.25, 0.3) is 0 Å². The normalized spacial score (nSPS) is 15.3. The third-order valence-electron chi connectivity index (χ3n) is 2.08. The number of hydrogen-bond acceptors (Lipinski definition) is 1. The number of hydrogen-bond donors (Lipinski definition) is 1. The van der Waals surface area contributed by atoms with Crippen LogP contribution in [0.4, 0.5) is 4.39 Å². The van der Waals surface area contributed by atoms with Crippen molar-refractivity contribution in [3.05, 3.63) is 35.9 Å². The highest BCUT2D eigenvalue weighted by Crippen LogP contribution is 2.28. The van der Waals surface area contributed by atoms with Crippen molar-refractivity contribution in [2.24, 2.45) is 0 Å². The first-order chi connectivity index (χ1) is 6.17. The molecule has 0 spiro atoms. The van der Waals surface area contributed by atoms with Crippen LogP contribution in [0, 0.1) is 0 Å². The van der Waals surface area contributed by atoms with Gasteiger partial charge < -0.3 is 5.11 Å². The maximum absolute atomic E-state index is 13.6. The molecule has 72 valence electrons. The monoisotopic (exact) mass is 182 g/mol. The van der Waals surface area contributed by atoms with E-state index < -0.39 is 5.85 Å². The number of rotatable bonds is 4. The van der Waals surface area contributed by atoms with Gasteiger partial charge in [-0.15, -0.1) is 0 Å². The van der Waals surface area contributed by atoms with Crippen LogP contribution in [0.1, 0.15) is 31.7 Å². The number of alkyl halides is 1. The second-order valence-electron chi connectivity index (χ2n) is 3.23. The number of benzene rings is 1. The second-order valence-corrected chi connectivity index (χ2v) is 3.23. The third-order valence-corrected chi connectivity index (χ3v) is 2.08. The molecule has 1 nitrogen and oxygen atoms in total. The summed E-state index contributed by atoms with van der Waals surface area (Å²) in [5.41, 5.74) is 0.350. The molecule has 1 rings (SSSR count). The Morgan fingerprint density at radius 2 is 1.92 bits per heavy atom. The van der Waals surface area contributed by atoms with E-state index in [1.807, 2.05) is 6.92 Å². The molecule has 13 heavy (non-hydrogen) atoms. The minimum absolute atomic E-state index is 0.174. The topological polar surface area (TPSA) is 20.2 Å². The molecule has 0 heterocycles. The van der Waals surface area contributed by atoms with Crippen molar-refractivity contribution in [3.8, 4) is 0 Å². The maximum Gasteiger partial charge on any atom is 0.232 e. The summed E-state index contributed by atoms with van der Waals surface area (Å²) in [6.45, 7) is 1.97. The Morgan fingerprint density at radius 3 is 2.46 bits per heavy atom. The van der Waals surface area contributed by atoms with E-state index >= 15 is 0 Å². The van der Waals surface area contributed by atoms with Crippen molar-refractivity contribution in [1.82, 2.24) is 0 Å². The van der Waals surface area contributed by atoms with Crippen molar-refractivity contribution >= 4 is 0 Å². The Bertz CT molecular complexity index is 244. The van der Waals surface area contributed by atoms with Crippen molar-refractivity contribution in [2.75, 3.05) is 0 Å². The summed E-state index contributed by atoms with van der Waals surface area (Å²) in [6.07, 6.45) is 1.76. The van der Waals surface area contributed by atoms with E-state index in [2.05, 4.69) is 0 Å². The van der Waals surface area contributed by atoms with Crippen LogP contribution in [-0.2, 0) is 5.85 Å². The standard InChI is InChI=1S/C11H15FO/c1-2-3-9-11(12,13)10-7-5-4-6-8-10/h4-8,13H,2-3,9H2,1H3. The third kappa shape index (κ3) is 2.81. The fourth-order valence-corrected chi connectivity index (χ4v) is 1.25. The molecule has 1 aromatic carbocycles. The molecule has 1 atom stereocenters. The number of aliphatic hydroxyl groups is 1. The molecule has 0 aromatic heterocycles. The maximum atomic E-state index is 13.6. The summed E-state index contributed by atoms with van der Waals surface area (Å²) in [7, 11) is 0. The van der Waals surface area contributed by atoms with E-state index in [0.29, 0.717) is 12.0 Å². The molecule has 0 aliphatic rings. The lowest BCUT2D eigenvalue weighted by atomic mass is 10.0. The molecule has 0 bridgehead atoms. The zero-order valence-corrected chi connectivity index (χ0v) is 7.83. The second kappa shape index (κ2) is 4.38. The summed E-state index contributed by atoms with van der Waals surface area (Å²) >= 11 is 0. The summed E-state index contributed by atoms with van der Waals surface area (Å²) in [5, 5.41) is 9.45. The van der Waals surface area contributed by atoms with E-state index in [4.69, 9.17) is 0 Å². The molecular weight excluding hydrogens is 167 g/mol. The zero-order chi connectivity index (χ0) is 9.73. The Labute approximate surface area is 78.2 Å². The zero-order valence-electron chi connectivity index (χ0n) is 7.83. The molecule has 0 radical (unpaired) electrons. The van der Waals surface area contributed by atoms with Crippen molar-refractivity contribution in [3.63, 3.8) is 0 Å². The van der Waals surface area contributed by atoms with Gasteiger partial charge in [0.15, 0.2) is 0 Å². The van der Waals surface area contributed by atoms with Crippen LogP contribution in [-0.4, -0.2) is 5.11 Å². The Morgan fingerprint density at radius 1 is 1.31 bits per heavy atom. The highest BCUT2D eigenvalue weighted by atomic mass is 19.2. The van der Waals surface area contributed by atoms with E-state index in [1.165, 1.54) is 0 Å². The predicted octanol–water partition coefficient (Wildman–Crippen LogP) is 2.99. The molecule has 0 saturated carbocycles. The van der Waals surface area contributed by atoms with Gasteiger partial charge in [0.05, 0.1) is 0 Å². The van der Waals surface area contributed by atoms with E-state index in [9.17, 15) is 9.50 Å². The average molecular weight is 182 g/mol. The molecule has 0 saturated heterocycles. The van der Waals surface area contributed by atoms with Gasteiger partial charge in [-0.1, -0.05) is 43.7 Å². The fourth-order valence-electron chi connectivity index (χ4n) is 1.25. The lowest BCUT2D eigenvalue weighted by molar-refractivity contribution is -0.103. The van der Waals surface area contributed by atoms with Gasteiger partial charge in [0.2, 0.25) is 5.85 Å². The van der Waals surface area contributed by atoms with Gasteiger partial charge in [0.1, 0.15) is 0 Å². The van der Waals surface area contributed by atoms with Gasteiger partial charge in [-0.2, -0.15) is 0 Å². The largest absolute Gasteiger partial charge is 0.358 e. The summed E-state index contributed by atoms with van der Waals surface area (Å²) in [6, 6.07) is 8.47. The molecule has 1 unspecified atom stereocenters. The van der Waals surface area contributed by atoms with Crippen LogP contribution >= 0.6 is 0 Å². The molecule has 2 heteroatoms. The van der Waals surface area contributed by atoms with Crippen molar-refractivity contribution in [2.45, 2.75) is 32.0 Å². The molecule has 0 fully saturated rings. The summed E-state index contributed by atoms with van der Waals surface area (Å²) in [4.78, 5) is 0. The number of unbranched alkanes of at least 4 members (excludes halogenated alkanes) is 1. The highest BCUT2D eigenvalue weighted by Gasteiger charge is 2.26. The van der Waals surface area contributed by atoms with Crippen LogP contribution in [0.5, 0.6) is 0 Å². The molecule has 0 aliphatic carbocycles. The Kier molecular flexibility index (Phi) is 3.43. The van der Waals surface area contributed by atoms with E-state index in [-0.39, 0.29) is 6.42 Å². The average Bonchev–Trinajstić information content (AvgIpc) is 2.16. The van der Waals surface area contributed by atoms with E-state index in [1.54, 1.807) is 30.3 Å². The van der Waals surface area contributed by atoms with Crippen LogP contribution in [0.2, 0.25) is 0 Å². The fraction of sp³-hybridized carbons (Fsp3) is 0.455. The smallest absolute Gasteiger partial charge is 0.232 e. The first-order valence-electron chi connectivity index (χ1n) is 4.63. The van der Waals surface area contributed by atoms with Crippen LogP contribution in [0.3, 0.4) is 0 Å². The van der Waals surface area contributed by atoms with Crippen molar-refractivity contribution < 1.29 is 9.50 Å². The van der Waals surface area contributed by atoms with Gasteiger partial charge in [-0.3, -0.25) is 0 Å². The summed E-state index contributed by atoms with van der Waals surface area (Å²) < 4.78 is 13.6. The van der Waals surface area contributed by atoms with Crippen LogP contribution < -0.4 is 0 Å². The number of halogens is 1. The lowest BCUT2D eigenvalue weighted by Gasteiger charge is -2.18. The molecule has 1 N–H and O–H groups in total. The van der Waals surface area contributed by atoms with Gasteiger partial charge in [-0.25, -0.2) is 4.39 Å². The molecular formula is C11H15FO. The Hall–Kier alpha value is -0.890. The summed E-state index contributed by atoms with van der Waals surface area (Å²) in [5.74, 6) is -2.16. The van der Waals surface area contributed by atoms with Crippen molar-refractivity contribution in [1.29, 1.82) is 0 Å². The quantitative estimate of drug-likeness (QED) is 0.759. The molecule has 1 aromatic rings. The van der Waals surface area contributed by atoms with Gasteiger partial charge in [-0.05, 0) is 6.42 Å². The predicted molar refractivity (Wildman–Crippen MR) is 51.0 cm³/mol. The molecule has 0 aliphatic heterocycles. The Balaban J connectivity index is 2.69. The van der Waals surface area contributed by atoms with Gasteiger partial charge >= 0.3 is 0 Å². The SMILES string of the molecule is CCCCC(O)(F)c1ccccc1.